The van der Waals surface area contributed by atoms with Crippen LogP contribution in [0.25, 0.3) is 0 Å². The third-order valence-corrected chi connectivity index (χ3v) is 3.72. The predicted molar refractivity (Wildman–Crippen MR) is 81.6 cm³/mol. The van der Waals surface area contributed by atoms with Crippen molar-refractivity contribution in [2.24, 2.45) is 0 Å². The summed E-state index contributed by atoms with van der Waals surface area (Å²) in [5, 5.41) is 2.62. The van der Waals surface area contributed by atoms with Crippen molar-refractivity contribution in [3.05, 3.63) is 53.6 Å². The van der Waals surface area contributed by atoms with Crippen molar-refractivity contribution in [3.63, 3.8) is 0 Å². The van der Waals surface area contributed by atoms with E-state index in [0.717, 1.165) is 16.7 Å². The number of hydrogen-bond acceptors (Lipinski definition) is 3. The molecule has 21 heavy (non-hydrogen) atoms. The Morgan fingerprint density at radius 1 is 1.24 bits per heavy atom. The predicted octanol–water partition coefficient (Wildman–Crippen LogP) is 3.91. The van der Waals surface area contributed by atoms with E-state index in [0.29, 0.717) is 11.8 Å². The Kier molecular flexibility index (Phi) is 4.80. The second kappa shape index (κ2) is 6.58. The first-order valence-electron chi connectivity index (χ1n) is 6.30. The molecule has 0 aromatic heterocycles. The number of nitrogens with one attached hydrogen (secondary N) is 1. The van der Waals surface area contributed by atoms with Crippen LogP contribution in [0.4, 0.5) is 20.2 Å². The van der Waals surface area contributed by atoms with Crippen LogP contribution in [0, 0.1) is 11.6 Å². The summed E-state index contributed by atoms with van der Waals surface area (Å²) in [5.74, 6) is -1.65. The van der Waals surface area contributed by atoms with Crippen LogP contribution in [0.5, 0.6) is 0 Å². The van der Waals surface area contributed by atoms with Crippen molar-refractivity contribution in [1.82, 2.24) is 0 Å². The van der Waals surface area contributed by atoms with Crippen LogP contribution in [-0.2, 0) is 0 Å². The van der Waals surface area contributed by atoms with Crippen LogP contribution in [0.1, 0.15) is 17.3 Å². The van der Waals surface area contributed by atoms with Crippen molar-refractivity contribution in [1.29, 1.82) is 0 Å². The monoisotopic (exact) mass is 308 g/mol. The summed E-state index contributed by atoms with van der Waals surface area (Å²) in [6, 6.07) is 8.81. The molecule has 2 rings (SSSR count). The molecule has 0 unspecified atom stereocenters. The highest BCUT2D eigenvalue weighted by Gasteiger charge is 2.16. The molecular weight excluding hydrogens is 294 g/mol. The van der Waals surface area contributed by atoms with Crippen LogP contribution in [0.3, 0.4) is 0 Å². The van der Waals surface area contributed by atoms with Gasteiger partial charge in [-0.15, -0.1) is 11.8 Å². The van der Waals surface area contributed by atoms with E-state index in [1.807, 2.05) is 19.1 Å². The standard InChI is InChI=1S/C15H14F2N2OS/c1-2-21-14-6-4-3-5-13(14)19-15(20)9-7-12(18)11(17)8-10(9)16/h3-8H,2,18H2,1H3,(H,19,20). The van der Waals surface area contributed by atoms with Crippen molar-refractivity contribution in [2.75, 3.05) is 16.8 Å². The van der Waals surface area contributed by atoms with Crippen LogP contribution in [0.15, 0.2) is 41.3 Å². The zero-order valence-corrected chi connectivity index (χ0v) is 12.1. The van der Waals surface area contributed by atoms with Gasteiger partial charge in [0.1, 0.15) is 11.6 Å². The lowest BCUT2D eigenvalue weighted by Gasteiger charge is -2.11. The summed E-state index contributed by atoms with van der Waals surface area (Å²) in [7, 11) is 0. The van der Waals surface area contributed by atoms with Gasteiger partial charge in [-0.2, -0.15) is 0 Å². The number of hydrogen-bond donors (Lipinski definition) is 2. The van der Waals surface area contributed by atoms with Gasteiger partial charge in [0.05, 0.1) is 16.9 Å². The Morgan fingerprint density at radius 3 is 2.67 bits per heavy atom. The molecule has 0 saturated heterocycles. The summed E-state index contributed by atoms with van der Waals surface area (Å²) >= 11 is 1.56. The Balaban J connectivity index is 2.28. The summed E-state index contributed by atoms with van der Waals surface area (Å²) in [6.45, 7) is 1.99. The average molecular weight is 308 g/mol. The van der Waals surface area contributed by atoms with E-state index in [2.05, 4.69) is 5.32 Å². The number of nitrogens with two attached hydrogens (primary N) is 1. The third kappa shape index (κ3) is 3.52. The molecule has 0 aliphatic rings. The molecule has 0 bridgehead atoms. The van der Waals surface area contributed by atoms with Crippen LogP contribution in [-0.4, -0.2) is 11.7 Å². The number of carbonyl (C=O) groups is 1. The Labute approximate surface area is 125 Å². The molecule has 0 fully saturated rings. The quantitative estimate of drug-likeness (QED) is 0.665. The molecule has 0 aliphatic heterocycles. The van der Waals surface area contributed by atoms with Gasteiger partial charge >= 0.3 is 0 Å². The van der Waals surface area contributed by atoms with Crippen LogP contribution < -0.4 is 11.1 Å². The highest BCUT2D eigenvalue weighted by Crippen LogP contribution is 2.27. The van der Waals surface area contributed by atoms with Gasteiger partial charge in [-0.3, -0.25) is 4.79 Å². The van der Waals surface area contributed by atoms with Gasteiger partial charge in [0.25, 0.3) is 5.91 Å². The minimum absolute atomic E-state index is 0.266. The highest BCUT2D eigenvalue weighted by molar-refractivity contribution is 7.99. The molecule has 3 N–H and O–H groups in total. The average Bonchev–Trinajstić information content (AvgIpc) is 2.45. The Hall–Kier alpha value is -2.08. The van der Waals surface area contributed by atoms with Gasteiger partial charge in [0, 0.05) is 11.0 Å². The van der Waals surface area contributed by atoms with Crippen LogP contribution >= 0.6 is 11.8 Å². The largest absolute Gasteiger partial charge is 0.396 e. The van der Waals surface area contributed by atoms with Gasteiger partial charge in [0.2, 0.25) is 0 Å². The van der Waals surface area contributed by atoms with Gasteiger partial charge in [0.15, 0.2) is 0 Å². The number of amides is 1. The van der Waals surface area contributed by atoms with E-state index >= 15 is 0 Å². The lowest BCUT2D eigenvalue weighted by atomic mass is 10.1. The number of halogens is 2. The summed E-state index contributed by atoms with van der Waals surface area (Å²) in [5.41, 5.74) is 5.40. The molecule has 1 amide bonds. The van der Waals surface area contributed by atoms with Crippen molar-refractivity contribution in [3.8, 4) is 0 Å². The molecule has 2 aromatic rings. The molecule has 0 saturated carbocycles. The fraction of sp³-hybridized carbons (Fsp3) is 0.133. The number of benzene rings is 2. The molecule has 6 heteroatoms. The molecule has 0 aliphatic carbocycles. The number of thioether (sulfide) groups is 1. The smallest absolute Gasteiger partial charge is 0.258 e. The molecular formula is C15H14F2N2OS. The first-order chi connectivity index (χ1) is 10.0. The number of anilines is 2. The zero-order valence-electron chi connectivity index (χ0n) is 11.3. The first-order valence-corrected chi connectivity index (χ1v) is 7.29. The van der Waals surface area contributed by atoms with Gasteiger partial charge in [-0.1, -0.05) is 19.1 Å². The summed E-state index contributed by atoms with van der Waals surface area (Å²) in [4.78, 5) is 13.0. The maximum absolute atomic E-state index is 13.7. The van der Waals surface area contributed by atoms with E-state index in [-0.39, 0.29) is 11.3 Å². The van der Waals surface area contributed by atoms with Gasteiger partial charge in [-0.25, -0.2) is 8.78 Å². The molecule has 0 radical (unpaired) electrons. The lowest BCUT2D eigenvalue weighted by Crippen LogP contribution is -2.15. The van der Waals surface area contributed by atoms with Crippen LogP contribution in [0.2, 0.25) is 0 Å². The second-order valence-corrected chi connectivity index (χ2v) is 5.54. The molecule has 2 aromatic carbocycles. The van der Waals surface area contributed by atoms with E-state index in [1.165, 1.54) is 0 Å². The van der Waals surface area contributed by atoms with E-state index in [4.69, 9.17) is 5.73 Å². The van der Waals surface area contributed by atoms with Crippen molar-refractivity contribution >= 4 is 29.0 Å². The minimum atomic E-state index is -0.945. The molecule has 3 nitrogen and oxygen atoms in total. The maximum atomic E-state index is 13.7. The van der Waals surface area contributed by atoms with E-state index in [9.17, 15) is 13.6 Å². The zero-order chi connectivity index (χ0) is 15.4. The molecule has 110 valence electrons. The maximum Gasteiger partial charge on any atom is 0.258 e. The highest BCUT2D eigenvalue weighted by atomic mass is 32.2. The van der Waals surface area contributed by atoms with E-state index < -0.39 is 17.5 Å². The number of para-hydroxylation sites is 1. The minimum Gasteiger partial charge on any atom is -0.396 e. The topological polar surface area (TPSA) is 55.1 Å². The number of rotatable bonds is 4. The van der Waals surface area contributed by atoms with Crippen molar-refractivity contribution < 1.29 is 13.6 Å². The molecule has 0 atom stereocenters. The van der Waals surface area contributed by atoms with Gasteiger partial charge < -0.3 is 11.1 Å². The third-order valence-electron chi connectivity index (χ3n) is 2.77. The molecule has 0 heterocycles. The first kappa shape index (κ1) is 15.3. The normalized spacial score (nSPS) is 10.4. The van der Waals surface area contributed by atoms with E-state index in [1.54, 1.807) is 23.9 Å². The molecule has 0 spiro atoms. The van der Waals surface area contributed by atoms with Crippen molar-refractivity contribution in [2.45, 2.75) is 11.8 Å². The number of nitrogen functional groups attached to an aromatic ring is 1. The summed E-state index contributed by atoms with van der Waals surface area (Å²) < 4.78 is 26.8. The fourth-order valence-electron chi connectivity index (χ4n) is 1.78. The second-order valence-electron chi connectivity index (χ2n) is 4.24. The summed E-state index contributed by atoms with van der Waals surface area (Å²) in [6.07, 6.45) is 0. The SMILES string of the molecule is CCSc1ccccc1NC(=O)c1cc(N)c(F)cc1F. The Bertz CT molecular complexity index is 677. The lowest BCUT2D eigenvalue weighted by molar-refractivity contribution is 0.102. The van der Waals surface area contributed by atoms with Gasteiger partial charge in [-0.05, 0) is 24.0 Å². The Morgan fingerprint density at radius 2 is 1.95 bits per heavy atom. The number of carbonyl (C=O) groups excluding carboxylic acids is 1. The fourth-order valence-corrected chi connectivity index (χ4v) is 2.54.